The Balaban J connectivity index is 1.95. The van der Waals surface area contributed by atoms with Crippen molar-refractivity contribution in [3.63, 3.8) is 0 Å². The molecule has 3 rings (SSSR count). The molecule has 1 atom stereocenters. The van der Waals surface area contributed by atoms with Crippen LogP contribution in [-0.2, 0) is 0 Å². The maximum Gasteiger partial charge on any atom is 0.216 e. The van der Waals surface area contributed by atoms with Crippen molar-refractivity contribution in [2.45, 2.75) is 19.3 Å². The zero-order valence-electron chi connectivity index (χ0n) is 11.7. The van der Waals surface area contributed by atoms with E-state index in [1.165, 1.54) is 0 Å². The van der Waals surface area contributed by atoms with Crippen LogP contribution in [0, 0.1) is 10.7 Å². The molecule has 0 bridgehead atoms. The van der Waals surface area contributed by atoms with Crippen LogP contribution in [-0.4, -0.2) is 21.1 Å². The molecule has 0 amide bonds. The Morgan fingerprint density at radius 2 is 2.23 bits per heavy atom. The third-order valence-electron chi connectivity index (χ3n) is 3.53. The normalized spacial score (nSPS) is 18.2. The van der Waals surface area contributed by atoms with E-state index in [9.17, 15) is 0 Å². The van der Waals surface area contributed by atoms with E-state index < -0.39 is 0 Å². The third-order valence-corrected chi connectivity index (χ3v) is 4.34. The van der Waals surface area contributed by atoms with Crippen LogP contribution in [0.4, 0.5) is 0 Å². The van der Waals surface area contributed by atoms with Crippen molar-refractivity contribution >= 4 is 41.6 Å². The fourth-order valence-electron chi connectivity index (χ4n) is 2.36. The highest BCUT2D eigenvalue weighted by Gasteiger charge is 2.13. The van der Waals surface area contributed by atoms with Crippen LogP contribution in [0.5, 0.6) is 0 Å². The quantitative estimate of drug-likeness (QED) is 0.474. The van der Waals surface area contributed by atoms with Gasteiger partial charge in [-0.2, -0.15) is 14.9 Å². The van der Waals surface area contributed by atoms with Crippen molar-refractivity contribution in [3.05, 3.63) is 45.2 Å². The zero-order valence-corrected chi connectivity index (χ0v) is 14.0. The number of aromatic nitrogens is 3. The van der Waals surface area contributed by atoms with Crippen LogP contribution in [0.2, 0.25) is 10.0 Å². The Kier molecular flexibility index (Phi) is 4.76. The molecule has 0 saturated heterocycles. The van der Waals surface area contributed by atoms with Gasteiger partial charge in [-0.1, -0.05) is 35.4 Å². The summed E-state index contributed by atoms with van der Waals surface area (Å²) in [5.74, 6) is 1.00. The van der Waals surface area contributed by atoms with Gasteiger partial charge in [-0.15, -0.1) is 0 Å². The molecule has 1 aromatic heterocycles. The highest BCUT2D eigenvalue weighted by atomic mass is 35.5. The Hall–Kier alpha value is -1.43. The predicted molar refractivity (Wildman–Crippen MR) is 93.2 cm³/mol. The number of aromatic amines is 1. The molecule has 0 unspecified atom stereocenters. The number of benzene rings is 1. The molecule has 7 heteroatoms. The molecule has 4 nitrogen and oxygen atoms in total. The lowest BCUT2D eigenvalue weighted by molar-refractivity contribution is 0.622. The second-order valence-corrected chi connectivity index (χ2v) is 6.33. The van der Waals surface area contributed by atoms with Crippen LogP contribution >= 0.6 is 35.4 Å². The van der Waals surface area contributed by atoms with Gasteiger partial charge in [-0.05, 0) is 55.6 Å². The van der Waals surface area contributed by atoms with Gasteiger partial charge in [0.15, 0.2) is 5.82 Å². The minimum Gasteiger partial charge on any atom is -0.250 e. The molecule has 114 valence electrons. The molecule has 1 aliphatic carbocycles. The van der Waals surface area contributed by atoms with E-state index in [-0.39, 0.29) is 0 Å². The van der Waals surface area contributed by atoms with Gasteiger partial charge in [0, 0.05) is 16.8 Å². The largest absolute Gasteiger partial charge is 0.250 e. The van der Waals surface area contributed by atoms with Crippen LogP contribution in [0.15, 0.2) is 35.5 Å². The average Bonchev–Trinajstić information content (AvgIpc) is 2.87. The van der Waals surface area contributed by atoms with Gasteiger partial charge >= 0.3 is 0 Å². The van der Waals surface area contributed by atoms with Crippen molar-refractivity contribution in [3.8, 4) is 11.4 Å². The molecule has 0 aliphatic heterocycles. The third kappa shape index (κ3) is 3.32. The Bertz CT molecular complexity index is 791. The summed E-state index contributed by atoms with van der Waals surface area (Å²) in [6.07, 6.45) is 9.51. The first-order chi connectivity index (χ1) is 10.6. The van der Waals surface area contributed by atoms with Gasteiger partial charge in [-0.25, -0.2) is 5.10 Å². The summed E-state index contributed by atoms with van der Waals surface area (Å²) in [6.45, 7) is 0. The van der Waals surface area contributed by atoms with E-state index in [4.69, 9.17) is 35.4 Å². The first kappa shape index (κ1) is 15.5. The fraction of sp³-hybridized carbons (Fsp3) is 0.267. The van der Waals surface area contributed by atoms with E-state index in [0.717, 1.165) is 24.8 Å². The minimum atomic E-state index is 0.426. The second kappa shape index (κ2) is 6.77. The highest BCUT2D eigenvalue weighted by Crippen LogP contribution is 2.29. The lowest BCUT2D eigenvalue weighted by Crippen LogP contribution is -2.05. The first-order valence-electron chi connectivity index (χ1n) is 6.97. The molecular weight excluding hydrogens is 339 g/mol. The number of rotatable bonds is 3. The second-order valence-electron chi connectivity index (χ2n) is 5.10. The monoisotopic (exact) mass is 352 g/mol. The minimum absolute atomic E-state index is 0.426. The predicted octanol–water partition coefficient (Wildman–Crippen LogP) is 5.10. The van der Waals surface area contributed by atoms with E-state index in [1.54, 1.807) is 16.8 Å². The molecule has 0 saturated carbocycles. The number of H-pyrrole nitrogens is 1. The Morgan fingerprint density at radius 1 is 1.36 bits per heavy atom. The SMILES string of the molecule is S=c1[nH]nc(-c2ccc(Cl)cc2Cl)n1/N=C\[C@H]1CC=CCC1. The number of allylic oxidation sites excluding steroid dienone is 2. The summed E-state index contributed by atoms with van der Waals surface area (Å²) < 4.78 is 2.03. The maximum atomic E-state index is 6.25. The molecular formula is C15H14Cl2N4S. The zero-order chi connectivity index (χ0) is 15.5. The molecule has 0 fully saturated rings. The van der Waals surface area contributed by atoms with E-state index >= 15 is 0 Å². The number of hydrogen-bond acceptors (Lipinski definition) is 3. The van der Waals surface area contributed by atoms with Crippen LogP contribution < -0.4 is 0 Å². The maximum absolute atomic E-state index is 6.25. The molecule has 1 aliphatic rings. The summed E-state index contributed by atoms with van der Waals surface area (Å²) in [5, 5.41) is 12.6. The van der Waals surface area contributed by atoms with Gasteiger partial charge in [0.2, 0.25) is 4.77 Å². The smallest absolute Gasteiger partial charge is 0.216 e. The van der Waals surface area contributed by atoms with Gasteiger partial charge in [0.05, 0.1) is 5.02 Å². The van der Waals surface area contributed by atoms with Crippen LogP contribution in [0.3, 0.4) is 0 Å². The lowest BCUT2D eigenvalue weighted by atomic mass is 9.96. The summed E-state index contributed by atoms with van der Waals surface area (Å²) in [7, 11) is 0. The first-order valence-corrected chi connectivity index (χ1v) is 8.14. The summed E-state index contributed by atoms with van der Waals surface area (Å²) in [6, 6.07) is 5.25. The number of nitrogens with zero attached hydrogens (tertiary/aromatic N) is 3. The standard InChI is InChI=1S/C15H14Cl2N4S/c16-11-6-7-12(13(17)8-11)14-19-20-15(22)21(14)18-9-10-4-2-1-3-5-10/h1-2,6-10H,3-5H2,(H,20,22)/b18-9-/t10-/m0/s1. The van der Waals surface area contributed by atoms with Gasteiger partial charge in [0.1, 0.15) is 0 Å². The van der Waals surface area contributed by atoms with Gasteiger partial charge in [-0.3, -0.25) is 0 Å². The summed E-state index contributed by atoms with van der Waals surface area (Å²) in [4.78, 5) is 0. The van der Waals surface area contributed by atoms with Crippen molar-refractivity contribution in [1.29, 1.82) is 0 Å². The number of hydrogen-bond donors (Lipinski definition) is 1. The molecule has 1 heterocycles. The molecule has 0 radical (unpaired) electrons. The number of halogens is 2. The van der Waals surface area contributed by atoms with Crippen molar-refractivity contribution < 1.29 is 0 Å². The summed E-state index contributed by atoms with van der Waals surface area (Å²) in [5.41, 5.74) is 0.735. The molecule has 0 spiro atoms. The van der Waals surface area contributed by atoms with Crippen molar-refractivity contribution in [2.24, 2.45) is 11.0 Å². The van der Waals surface area contributed by atoms with Crippen molar-refractivity contribution in [2.75, 3.05) is 0 Å². The van der Waals surface area contributed by atoms with E-state index in [2.05, 4.69) is 27.5 Å². The molecule has 1 aromatic carbocycles. The fourth-order valence-corrected chi connectivity index (χ4v) is 3.03. The van der Waals surface area contributed by atoms with E-state index in [0.29, 0.717) is 26.6 Å². The molecule has 1 N–H and O–H groups in total. The Morgan fingerprint density at radius 3 is 2.95 bits per heavy atom. The molecule has 2 aromatic rings. The van der Waals surface area contributed by atoms with Gasteiger partial charge in [0.25, 0.3) is 0 Å². The highest BCUT2D eigenvalue weighted by molar-refractivity contribution is 7.71. The summed E-state index contributed by atoms with van der Waals surface area (Å²) >= 11 is 17.4. The van der Waals surface area contributed by atoms with Crippen LogP contribution in [0.1, 0.15) is 19.3 Å². The topological polar surface area (TPSA) is 46.0 Å². The van der Waals surface area contributed by atoms with Crippen LogP contribution in [0.25, 0.3) is 11.4 Å². The van der Waals surface area contributed by atoms with Gasteiger partial charge < -0.3 is 0 Å². The van der Waals surface area contributed by atoms with E-state index in [1.807, 2.05) is 12.3 Å². The van der Waals surface area contributed by atoms with Crippen molar-refractivity contribution in [1.82, 2.24) is 14.9 Å². The molecule has 22 heavy (non-hydrogen) atoms. The Labute approximate surface area is 143 Å². The number of nitrogens with one attached hydrogen (secondary N) is 1. The lowest BCUT2D eigenvalue weighted by Gasteiger charge is -2.12. The average molecular weight is 353 g/mol.